The number of rotatable bonds is 7. The summed E-state index contributed by atoms with van der Waals surface area (Å²) in [5.74, 6) is 2.17. The third kappa shape index (κ3) is 4.85. The summed E-state index contributed by atoms with van der Waals surface area (Å²) in [5.41, 5.74) is 6.56. The molecule has 6 atom stereocenters. The molecule has 2 N–H and O–H groups in total. The van der Waals surface area contributed by atoms with Gasteiger partial charge in [-0.15, -0.1) is 9.24 Å². The first kappa shape index (κ1) is 29.0. The maximum absolute atomic E-state index is 10.8. The van der Waals surface area contributed by atoms with Crippen LogP contribution in [0.4, 0.5) is 5.69 Å². The zero-order valence-electron chi connectivity index (χ0n) is 26.2. The Morgan fingerprint density at radius 1 is 1.20 bits per heavy atom. The lowest BCUT2D eigenvalue weighted by molar-refractivity contribution is 0.191. The maximum atomic E-state index is 10.8. The standard InChI is InChI=1S/C37H42N5O2P/c1-21-13-30-35(42(19-21)34-24-16-31(34)39-18-24)29-15-23(8-5-11-38)32(28-17-26(43)14-22-7-3-4-10-27(22)28)36(45)33(29)40-37(30)44-20-25-9-6-12-41(25)2/h3-4,7,10,14-15,17,21,24-25,31,34,39,43H,5-6,8-9,12-13,16,18-20,45H2,1-2H3/t21?,24?,25-,31?,34?/m0/s1. The van der Waals surface area contributed by atoms with Crippen molar-refractivity contribution < 1.29 is 9.84 Å². The molecule has 232 valence electrons. The Morgan fingerprint density at radius 3 is 2.82 bits per heavy atom. The number of aryl methyl sites for hydroxylation is 1. The average molecular weight is 620 g/mol. The molecule has 3 aromatic carbocycles. The molecule has 0 radical (unpaired) electrons. The van der Waals surface area contributed by atoms with Gasteiger partial charge in [0.1, 0.15) is 12.4 Å². The Labute approximate surface area is 267 Å². The van der Waals surface area contributed by atoms with Crippen molar-refractivity contribution in [1.29, 1.82) is 5.26 Å². The number of hydrogen-bond donors (Lipinski definition) is 2. The minimum absolute atomic E-state index is 0.232. The first-order valence-electron chi connectivity index (χ1n) is 16.6. The molecule has 0 spiro atoms. The smallest absolute Gasteiger partial charge is 0.219 e. The predicted octanol–water partition coefficient (Wildman–Crippen LogP) is 5.55. The van der Waals surface area contributed by atoms with Crippen molar-refractivity contribution in [2.45, 2.75) is 63.6 Å². The molecular formula is C37H42N5O2P. The fraction of sp³-hybridized carbons (Fsp3) is 0.459. The molecule has 3 saturated heterocycles. The van der Waals surface area contributed by atoms with Crippen LogP contribution in [0.2, 0.25) is 0 Å². The second-order valence-electron chi connectivity index (χ2n) is 13.9. The summed E-state index contributed by atoms with van der Waals surface area (Å²) in [4.78, 5) is 10.5. The van der Waals surface area contributed by atoms with Gasteiger partial charge in [-0.05, 0) is 103 Å². The Kier molecular flexibility index (Phi) is 7.36. The van der Waals surface area contributed by atoms with Crippen LogP contribution in [0, 0.1) is 23.2 Å². The number of phenolic OH excluding ortho intramolecular Hbond substituents is 1. The van der Waals surface area contributed by atoms with Gasteiger partial charge in [-0.3, -0.25) is 0 Å². The zero-order valence-corrected chi connectivity index (χ0v) is 27.4. The van der Waals surface area contributed by atoms with E-state index in [0.717, 1.165) is 82.0 Å². The SMILES string of the molecule is CC1Cc2c(OC[C@@H]3CCCN3C)nc3c(P)c(-c4cc(O)cc5ccccc45)c(CCC#N)cc3c2N(C2C3CNC2C3)C1. The highest BCUT2D eigenvalue weighted by Crippen LogP contribution is 2.49. The third-order valence-corrected chi connectivity index (χ3v) is 11.5. The molecule has 0 amide bonds. The van der Waals surface area contributed by atoms with Crippen molar-refractivity contribution in [3.8, 4) is 28.8 Å². The summed E-state index contributed by atoms with van der Waals surface area (Å²) in [7, 11) is 5.21. The molecule has 7 nitrogen and oxygen atoms in total. The number of phenols is 1. The van der Waals surface area contributed by atoms with Gasteiger partial charge in [-0.2, -0.15) is 5.26 Å². The van der Waals surface area contributed by atoms with Gasteiger partial charge in [-0.25, -0.2) is 4.98 Å². The second-order valence-corrected chi connectivity index (χ2v) is 14.5. The van der Waals surface area contributed by atoms with E-state index in [-0.39, 0.29) is 5.75 Å². The summed E-state index contributed by atoms with van der Waals surface area (Å²) >= 11 is 0. The summed E-state index contributed by atoms with van der Waals surface area (Å²) in [6.07, 6.45) is 5.60. The average Bonchev–Trinajstić information content (AvgIpc) is 3.77. The minimum Gasteiger partial charge on any atom is -0.508 e. The van der Waals surface area contributed by atoms with Crippen LogP contribution in [0.15, 0.2) is 42.5 Å². The summed E-state index contributed by atoms with van der Waals surface area (Å²) < 4.78 is 6.76. The molecule has 5 unspecified atom stereocenters. The zero-order chi connectivity index (χ0) is 30.8. The van der Waals surface area contributed by atoms with E-state index in [0.29, 0.717) is 49.4 Å². The molecule has 2 bridgehead atoms. The highest BCUT2D eigenvalue weighted by molar-refractivity contribution is 7.29. The Morgan fingerprint density at radius 2 is 2.07 bits per heavy atom. The van der Waals surface area contributed by atoms with Crippen molar-refractivity contribution in [1.82, 2.24) is 15.2 Å². The molecule has 8 heteroatoms. The first-order valence-corrected chi connectivity index (χ1v) is 17.2. The van der Waals surface area contributed by atoms with Gasteiger partial charge in [0.05, 0.1) is 17.3 Å². The summed E-state index contributed by atoms with van der Waals surface area (Å²) in [6, 6.07) is 18.0. The molecule has 9 rings (SSSR count). The second kappa shape index (κ2) is 11.4. The first-order chi connectivity index (χ1) is 21.9. The lowest BCUT2D eigenvalue weighted by Gasteiger charge is -2.49. The number of benzene rings is 3. The highest BCUT2D eigenvalue weighted by atomic mass is 31.0. The number of nitrogens with zero attached hydrogens (tertiary/aromatic N) is 4. The molecule has 4 aliphatic heterocycles. The van der Waals surface area contributed by atoms with Crippen molar-refractivity contribution in [2.75, 3.05) is 38.2 Å². The van der Waals surface area contributed by atoms with Crippen LogP contribution in [0.5, 0.6) is 11.6 Å². The molecule has 1 aromatic heterocycles. The van der Waals surface area contributed by atoms with Gasteiger partial charge in [0.2, 0.25) is 5.88 Å². The van der Waals surface area contributed by atoms with E-state index in [1.165, 1.54) is 24.1 Å². The van der Waals surface area contributed by atoms with Gasteiger partial charge in [0.15, 0.2) is 0 Å². The highest BCUT2D eigenvalue weighted by Gasteiger charge is 2.51. The van der Waals surface area contributed by atoms with Gasteiger partial charge < -0.3 is 25.0 Å². The maximum Gasteiger partial charge on any atom is 0.219 e. The van der Waals surface area contributed by atoms with Crippen LogP contribution in [0.25, 0.3) is 32.8 Å². The Bertz CT molecular complexity index is 1840. The van der Waals surface area contributed by atoms with Crippen LogP contribution >= 0.6 is 9.24 Å². The number of likely N-dealkylation sites (tertiary alicyclic amines) is 1. The van der Waals surface area contributed by atoms with E-state index in [1.54, 1.807) is 0 Å². The number of aromatic nitrogens is 1. The molecule has 4 aromatic rings. The number of anilines is 1. The van der Waals surface area contributed by atoms with Gasteiger partial charge in [0.25, 0.3) is 0 Å². The lowest BCUT2D eigenvalue weighted by atomic mass is 9.76. The molecule has 1 saturated carbocycles. The van der Waals surface area contributed by atoms with Crippen LogP contribution in [0.3, 0.4) is 0 Å². The van der Waals surface area contributed by atoms with E-state index in [9.17, 15) is 10.4 Å². The van der Waals surface area contributed by atoms with Crippen LogP contribution in [0.1, 0.15) is 43.7 Å². The number of ether oxygens (including phenoxy) is 1. The topological polar surface area (TPSA) is 84.6 Å². The van der Waals surface area contributed by atoms with E-state index >= 15 is 0 Å². The van der Waals surface area contributed by atoms with Crippen molar-refractivity contribution in [3.05, 3.63) is 53.6 Å². The van der Waals surface area contributed by atoms with Crippen molar-refractivity contribution in [2.24, 2.45) is 11.8 Å². The number of pyridine rings is 1. The van der Waals surface area contributed by atoms with E-state index in [1.807, 2.05) is 30.3 Å². The van der Waals surface area contributed by atoms with Crippen LogP contribution in [-0.4, -0.2) is 66.4 Å². The van der Waals surface area contributed by atoms with E-state index in [4.69, 9.17) is 9.72 Å². The summed E-state index contributed by atoms with van der Waals surface area (Å²) in [6.45, 7) is 6.23. The number of hydrogen-bond acceptors (Lipinski definition) is 7. The monoisotopic (exact) mass is 619 g/mol. The van der Waals surface area contributed by atoms with Gasteiger partial charge in [0, 0.05) is 53.9 Å². The number of fused-ring (bicyclic) bond motifs is 5. The Hall–Kier alpha value is -3.43. The number of likely N-dealkylation sites (N-methyl/N-ethyl adjacent to an activating group) is 1. The molecule has 1 aliphatic carbocycles. The van der Waals surface area contributed by atoms with E-state index < -0.39 is 0 Å². The molecule has 45 heavy (non-hydrogen) atoms. The van der Waals surface area contributed by atoms with Crippen LogP contribution < -0.4 is 20.3 Å². The van der Waals surface area contributed by atoms with Gasteiger partial charge in [-0.1, -0.05) is 31.2 Å². The predicted molar refractivity (Wildman–Crippen MR) is 185 cm³/mol. The van der Waals surface area contributed by atoms with Crippen LogP contribution in [-0.2, 0) is 12.8 Å². The Balaban J connectivity index is 1.38. The molecular weight excluding hydrogens is 577 g/mol. The fourth-order valence-corrected chi connectivity index (χ4v) is 9.28. The quantitative estimate of drug-likeness (QED) is 0.263. The fourth-order valence-electron chi connectivity index (χ4n) is 8.72. The number of nitriles is 1. The lowest BCUT2D eigenvalue weighted by Crippen LogP contribution is -2.57. The minimum atomic E-state index is 0.232. The normalized spacial score (nSPS) is 25.8. The largest absolute Gasteiger partial charge is 0.508 e. The van der Waals surface area contributed by atoms with Gasteiger partial charge >= 0.3 is 0 Å². The molecule has 4 fully saturated rings. The number of nitrogens with one attached hydrogen (secondary N) is 1. The van der Waals surface area contributed by atoms with E-state index in [2.05, 4.69) is 56.5 Å². The van der Waals surface area contributed by atoms with Crippen molar-refractivity contribution >= 4 is 41.9 Å². The molecule has 5 aliphatic rings. The third-order valence-electron chi connectivity index (χ3n) is 10.9. The van der Waals surface area contributed by atoms with Crippen molar-refractivity contribution in [3.63, 3.8) is 0 Å². The summed E-state index contributed by atoms with van der Waals surface area (Å²) in [5, 5.41) is 28.5. The number of aromatic hydroxyl groups is 1. The molecule has 5 heterocycles.